The number of nitrogens with one attached hydrogen (secondary N) is 1. The number of amides is 1. The number of aromatic nitrogens is 2. The second-order valence-corrected chi connectivity index (χ2v) is 5.20. The zero-order chi connectivity index (χ0) is 14.7. The summed E-state index contributed by atoms with van der Waals surface area (Å²) in [5, 5.41) is 2.96. The van der Waals surface area contributed by atoms with Crippen molar-refractivity contribution in [1.82, 2.24) is 19.6 Å². The summed E-state index contributed by atoms with van der Waals surface area (Å²) in [4.78, 5) is 19.0. The standard InChI is InChI=1S/C15H22N4O/c1-5-12-13(15(20)16-8-10-18(3)4)19-9-6-7-11(2)14(19)17-12/h6-7,9H,5,8,10H2,1-4H3,(H,16,20). The van der Waals surface area contributed by atoms with Crippen LogP contribution in [0.3, 0.4) is 0 Å². The van der Waals surface area contributed by atoms with Gasteiger partial charge in [-0.2, -0.15) is 0 Å². The van der Waals surface area contributed by atoms with Gasteiger partial charge >= 0.3 is 0 Å². The molecule has 0 aromatic carbocycles. The summed E-state index contributed by atoms with van der Waals surface area (Å²) in [6.07, 6.45) is 2.65. The minimum atomic E-state index is -0.0539. The molecule has 2 aromatic rings. The number of aryl methyl sites for hydroxylation is 2. The van der Waals surface area contributed by atoms with Crippen LogP contribution in [0.4, 0.5) is 0 Å². The van der Waals surface area contributed by atoms with Gasteiger partial charge in [-0.25, -0.2) is 4.98 Å². The summed E-state index contributed by atoms with van der Waals surface area (Å²) in [7, 11) is 3.97. The van der Waals surface area contributed by atoms with Gasteiger partial charge in [-0.05, 0) is 39.1 Å². The van der Waals surface area contributed by atoms with E-state index in [0.717, 1.165) is 29.9 Å². The maximum atomic E-state index is 12.4. The number of hydrogen-bond donors (Lipinski definition) is 1. The molecule has 5 nitrogen and oxygen atoms in total. The first-order chi connectivity index (χ1) is 9.54. The van der Waals surface area contributed by atoms with Gasteiger partial charge in [0.15, 0.2) is 0 Å². The van der Waals surface area contributed by atoms with Crippen LogP contribution in [0, 0.1) is 6.92 Å². The molecule has 2 heterocycles. The molecular formula is C15H22N4O. The molecule has 0 saturated heterocycles. The molecule has 0 aliphatic heterocycles. The molecule has 108 valence electrons. The SMILES string of the molecule is CCc1nc2c(C)cccn2c1C(=O)NCCN(C)C. The lowest BCUT2D eigenvalue weighted by atomic mass is 10.2. The van der Waals surface area contributed by atoms with E-state index in [9.17, 15) is 4.79 Å². The normalized spacial score (nSPS) is 11.2. The number of fused-ring (bicyclic) bond motifs is 1. The zero-order valence-electron chi connectivity index (χ0n) is 12.6. The second kappa shape index (κ2) is 6.05. The van der Waals surface area contributed by atoms with E-state index in [0.29, 0.717) is 12.2 Å². The third kappa shape index (κ3) is 2.82. The maximum Gasteiger partial charge on any atom is 0.270 e. The van der Waals surface area contributed by atoms with Crippen molar-refractivity contribution < 1.29 is 4.79 Å². The Hall–Kier alpha value is -1.88. The highest BCUT2D eigenvalue weighted by Crippen LogP contribution is 2.16. The molecule has 0 unspecified atom stereocenters. The van der Waals surface area contributed by atoms with Gasteiger partial charge in [0.2, 0.25) is 0 Å². The lowest BCUT2D eigenvalue weighted by Gasteiger charge is -2.11. The van der Waals surface area contributed by atoms with E-state index < -0.39 is 0 Å². The summed E-state index contributed by atoms with van der Waals surface area (Å²) in [5.41, 5.74) is 3.45. The fourth-order valence-corrected chi connectivity index (χ4v) is 2.21. The summed E-state index contributed by atoms with van der Waals surface area (Å²) < 4.78 is 1.89. The molecule has 0 aliphatic rings. The van der Waals surface area contributed by atoms with E-state index >= 15 is 0 Å². The van der Waals surface area contributed by atoms with E-state index in [2.05, 4.69) is 10.3 Å². The molecule has 0 atom stereocenters. The van der Waals surface area contributed by atoms with Crippen LogP contribution >= 0.6 is 0 Å². The minimum absolute atomic E-state index is 0.0539. The molecule has 20 heavy (non-hydrogen) atoms. The highest BCUT2D eigenvalue weighted by Gasteiger charge is 2.18. The lowest BCUT2D eigenvalue weighted by Crippen LogP contribution is -2.32. The fraction of sp³-hybridized carbons (Fsp3) is 0.467. The Labute approximate surface area is 119 Å². The maximum absolute atomic E-state index is 12.4. The Morgan fingerprint density at radius 1 is 1.45 bits per heavy atom. The van der Waals surface area contributed by atoms with Crippen molar-refractivity contribution >= 4 is 11.6 Å². The Kier molecular flexibility index (Phi) is 4.39. The predicted octanol–water partition coefficient (Wildman–Crippen LogP) is 1.50. The Balaban J connectivity index is 2.32. The average Bonchev–Trinajstić information content (AvgIpc) is 2.78. The number of carbonyl (C=O) groups is 1. The van der Waals surface area contributed by atoms with E-state index in [-0.39, 0.29) is 5.91 Å². The summed E-state index contributed by atoms with van der Waals surface area (Å²) >= 11 is 0. The fourth-order valence-electron chi connectivity index (χ4n) is 2.21. The summed E-state index contributed by atoms with van der Waals surface area (Å²) in [5.74, 6) is -0.0539. The topological polar surface area (TPSA) is 49.6 Å². The molecule has 2 aromatic heterocycles. The van der Waals surface area contributed by atoms with Crippen molar-refractivity contribution in [3.8, 4) is 0 Å². The summed E-state index contributed by atoms with van der Waals surface area (Å²) in [6.45, 7) is 5.49. The minimum Gasteiger partial charge on any atom is -0.349 e. The Morgan fingerprint density at radius 2 is 2.20 bits per heavy atom. The quantitative estimate of drug-likeness (QED) is 0.899. The molecule has 0 fully saturated rings. The smallest absolute Gasteiger partial charge is 0.270 e. The number of hydrogen-bond acceptors (Lipinski definition) is 3. The molecule has 5 heteroatoms. The number of pyridine rings is 1. The van der Waals surface area contributed by atoms with Gasteiger partial charge in [0.05, 0.1) is 5.69 Å². The highest BCUT2D eigenvalue weighted by atomic mass is 16.1. The van der Waals surface area contributed by atoms with Crippen LogP contribution in [0.2, 0.25) is 0 Å². The van der Waals surface area contributed by atoms with Gasteiger partial charge in [-0.1, -0.05) is 13.0 Å². The number of rotatable bonds is 5. The van der Waals surface area contributed by atoms with Crippen LogP contribution < -0.4 is 5.32 Å². The summed E-state index contributed by atoms with van der Waals surface area (Å²) in [6, 6.07) is 3.95. The first-order valence-electron chi connectivity index (χ1n) is 6.94. The van der Waals surface area contributed by atoms with E-state index in [1.165, 1.54) is 0 Å². The van der Waals surface area contributed by atoms with Crippen LogP contribution in [-0.4, -0.2) is 47.4 Å². The Morgan fingerprint density at radius 3 is 2.85 bits per heavy atom. The third-order valence-corrected chi connectivity index (χ3v) is 3.31. The van der Waals surface area contributed by atoms with Crippen LogP contribution in [0.15, 0.2) is 18.3 Å². The number of likely N-dealkylation sites (N-methyl/N-ethyl adjacent to an activating group) is 1. The van der Waals surface area contributed by atoms with Crippen molar-refractivity contribution in [3.05, 3.63) is 35.3 Å². The van der Waals surface area contributed by atoms with Crippen molar-refractivity contribution in [1.29, 1.82) is 0 Å². The van der Waals surface area contributed by atoms with Crippen LogP contribution in [0.25, 0.3) is 5.65 Å². The monoisotopic (exact) mass is 274 g/mol. The number of nitrogens with zero attached hydrogens (tertiary/aromatic N) is 3. The van der Waals surface area contributed by atoms with Gasteiger partial charge in [-0.15, -0.1) is 0 Å². The predicted molar refractivity (Wildman–Crippen MR) is 80.2 cm³/mol. The van der Waals surface area contributed by atoms with Gasteiger partial charge in [-0.3, -0.25) is 9.20 Å². The van der Waals surface area contributed by atoms with Gasteiger partial charge in [0, 0.05) is 19.3 Å². The molecular weight excluding hydrogens is 252 g/mol. The second-order valence-electron chi connectivity index (χ2n) is 5.20. The van der Waals surface area contributed by atoms with Gasteiger partial charge in [0.1, 0.15) is 11.3 Å². The average molecular weight is 274 g/mol. The first-order valence-corrected chi connectivity index (χ1v) is 6.94. The lowest BCUT2D eigenvalue weighted by molar-refractivity contribution is 0.0944. The van der Waals surface area contributed by atoms with Crippen molar-refractivity contribution in [2.45, 2.75) is 20.3 Å². The third-order valence-electron chi connectivity index (χ3n) is 3.31. The van der Waals surface area contributed by atoms with Crippen LogP contribution in [0.5, 0.6) is 0 Å². The largest absolute Gasteiger partial charge is 0.349 e. The van der Waals surface area contributed by atoms with E-state index in [1.807, 2.05) is 55.6 Å². The van der Waals surface area contributed by atoms with Crippen molar-refractivity contribution in [2.75, 3.05) is 27.2 Å². The molecule has 1 amide bonds. The van der Waals surface area contributed by atoms with E-state index in [1.54, 1.807) is 0 Å². The molecule has 0 spiro atoms. The number of imidazole rings is 1. The molecule has 2 rings (SSSR count). The van der Waals surface area contributed by atoms with Crippen LogP contribution in [-0.2, 0) is 6.42 Å². The highest BCUT2D eigenvalue weighted by molar-refractivity contribution is 5.94. The van der Waals surface area contributed by atoms with Crippen molar-refractivity contribution in [3.63, 3.8) is 0 Å². The molecule has 0 radical (unpaired) electrons. The number of carbonyl (C=O) groups excluding carboxylic acids is 1. The molecule has 1 N–H and O–H groups in total. The molecule has 0 aliphatic carbocycles. The van der Waals surface area contributed by atoms with Crippen LogP contribution in [0.1, 0.15) is 28.7 Å². The van der Waals surface area contributed by atoms with Gasteiger partial charge in [0.25, 0.3) is 5.91 Å². The van der Waals surface area contributed by atoms with E-state index in [4.69, 9.17) is 0 Å². The Bertz CT molecular complexity index is 616. The molecule has 0 saturated carbocycles. The first kappa shape index (κ1) is 14.5. The van der Waals surface area contributed by atoms with Gasteiger partial charge < -0.3 is 10.2 Å². The molecule has 0 bridgehead atoms. The zero-order valence-corrected chi connectivity index (χ0v) is 12.6. The van der Waals surface area contributed by atoms with Crippen molar-refractivity contribution in [2.24, 2.45) is 0 Å².